The molecule has 0 atom stereocenters. The Hall–Kier alpha value is -1.34. The molecule has 0 spiro atoms. The van der Waals surface area contributed by atoms with E-state index in [9.17, 15) is 35.1 Å². The standard InChI is InChI=1S/C9H4F8/c10-7(11)6-4(8(12,13)14)2-1-3-5(6)9(15,16)17/h1-3,7H. The van der Waals surface area contributed by atoms with Crippen LogP contribution in [0.5, 0.6) is 0 Å². The van der Waals surface area contributed by atoms with Crippen molar-refractivity contribution in [2.24, 2.45) is 0 Å². The summed E-state index contributed by atoms with van der Waals surface area (Å²) in [6, 6.07) is 0.824. The highest BCUT2D eigenvalue weighted by atomic mass is 19.4. The van der Waals surface area contributed by atoms with Crippen LogP contribution in [0.4, 0.5) is 35.1 Å². The minimum absolute atomic E-state index is 0.191. The summed E-state index contributed by atoms with van der Waals surface area (Å²) in [7, 11) is 0. The highest BCUT2D eigenvalue weighted by Crippen LogP contribution is 2.43. The smallest absolute Gasteiger partial charge is 0.205 e. The predicted octanol–water partition coefficient (Wildman–Crippen LogP) is 4.66. The molecule has 0 heterocycles. The molecule has 0 nitrogen and oxygen atoms in total. The predicted molar refractivity (Wildman–Crippen MR) is 41.4 cm³/mol. The van der Waals surface area contributed by atoms with E-state index >= 15 is 0 Å². The molecule has 0 saturated carbocycles. The summed E-state index contributed by atoms with van der Waals surface area (Å²) in [5.74, 6) is 0. The zero-order valence-corrected chi connectivity index (χ0v) is 7.83. The molecule has 0 aromatic heterocycles. The van der Waals surface area contributed by atoms with Gasteiger partial charge in [0, 0.05) is 5.56 Å². The zero-order valence-electron chi connectivity index (χ0n) is 7.83. The highest BCUT2D eigenvalue weighted by Gasteiger charge is 2.42. The molecule has 0 N–H and O–H groups in total. The molecular weight excluding hydrogens is 260 g/mol. The van der Waals surface area contributed by atoms with E-state index in [0.29, 0.717) is 6.07 Å². The van der Waals surface area contributed by atoms with Crippen LogP contribution in [0.3, 0.4) is 0 Å². The van der Waals surface area contributed by atoms with Gasteiger partial charge in [-0.3, -0.25) is 0 Å². The van der Waals surface area contributed by atoms with Gasteiger partial charge in [0.1, 0.15) is 0 Å². The fraction of sp³-hybridized carbons (Fsp3) is 0.333. The van der Waals surface area contributed by atoms with Crippen molar-refractivity contribution in [1.29, 1.82) is 0 Å². The fourth-order valence-corrected chi connectivity index (χ4v) is 1.29. The van der Waals surface area contributed by atoms with E-state index in [4.69, 9.17) is 0 Å². The third-order valence-electron chi connectivity index (χ3n) is 1.94. The lowest BCUT2D eigenvalue weighted by Gasteiger charge is -2.17. The summed E-state index contributed by atoms with van der Waals surface area (Å²) < 4.78 is 98.4. The molecule has 1 rings (SSSR count). The van der Waals surface area contributed by atoms with Crippen LogP contribution in [-0.4, -0.2) is 0 Å². The maximum Gasteiger partial charge on any atom is 0.416 e. The molecule has 8 heteroatoms. The Labute approximate surface area is 89.9 Å². The van der Waals surface area contributed by atoms with Gasteiger partial charge in [0.25, 0.3) is 6.43 Å². The summed E-state index contributed by atoms with van der Waals surface area (Å²) >= 11 is 0. The van der Waals surface area contributed by atoms with Crippen molar-refractivity contribution in [2.75, 3.05) is 0 Å². The quantitative estimate of drug-likeness (QED) is 0.647. The lowest BCUT2D eigenvalue weighted by Crippen LogP contribution is -2.16. The van der Waals surface area contributed by atoms with Crippen LogP contribution >= 0.6 is 0 Å². The molecule has 0 fully saturated rings. The third-order valence-corrected chi connectivity index (χ3v) is 1.94. The summed E-state index contributed by atoms with van der Waals surface area (Å²) in [4.78, 5) is 0. The lowest BCUT2D eigenvalue weighted by atomic mass is 10.0. The van der Waals surface area contributed by atoms with Crippen molar-refractivity contribution < 1.29 is 35.1 Å². The largest absolute Gasteiger partial charge is 0.416 e. The molecule has 0 aliphatic heterocycles. The van der Waals surface area contributed by atoms with Gasteiger partial charge in [-0.15, -0.1) is 0 Å². The summed E-state index contributed by atoms with van der Waals surface area (Å²) in [6.45, 7) is 0. The third kappa shape index (κ3) is 2.86. The summed E-state index contributed by atoms with van der Waals surface area (Å²) in [5, 5.41) is 0. The molecule has 96 valence electrons. The summed E-state index contributed by atoms with van der Waals surface area (Å²) in [6.07, 6.45) is -14.4. The normalized spacial score (nSPS) is 13.2. The van der Waals surface area contributed by atoms with Crippen molar-refractivity contribution >= 4 is 0 Å². The van der Waals surface area contributed by atoms with Crippen molar-refractivity contribution in [3.05, 3.63) is 34.9 Å². The van der Waals surface area contributed by atoms with Crippen LogP contribution in [0.15, 0.2) is 18.2 Å². The first-order valence-corrected chi connectivity index (χ1v) is 4.10. The van der Waals surface area contributed by atoms with Crippen LogP contribution in [0.1, 0.15) is 23.1 Å². The van der Waals surface area contributed by atoms with Crippen LogP contribution in [0.2, 0.25) is 0 Å². The Morgan fingerprint density at radius 1 is 0.765 bits per heavy atom. The molecule has 17 heavy (non-hydrogen) atoms. The molecule has 0 aliphatic carbocycles. The monoisotopic (exact) mass is 264 g/mol. The average molecular weight is 264 g/mol. The first-order valence-electron chi connectivity index (χ1n) is 4.10. The number of halogens is 8. The Morgan fingerprint density at radius 2 is 1.12 bits per heavy atom. The van der Waals surface area contributed by atoms with E-state index in [1.54, 1.807) is 0 Å². The molecule has 0 bridgehead atoms. The maximum absolute atomic E-state index is 12.3. The van der Waals surface area contributed by atoms with E-state index in [2.05, 4.69) is 0 Å². The van der Waals surface area contributed by atoms with E-state index in [1.807, 2.05) is 0 Å². The van der Waals surface area contributed by atoms with E-state index in [1.165, 1.54) is 0 Å². The molecule has 1 aromatic carbocycles. The van der Waals surface area contributed by atoms with E-state index < -0.39 is 35.5 Å². The first-order chi connectivity index (χ1) is 7.55. The van der Waals surface area contributed by atoms with E-state index in [0.717, 1.165) is 0 Å². The minimum atomic E-state index is -5.26. The van der Waals surface area contributed by atoms with Gasteiger partial charge in [0.15, 0.2) is 0 Å². The first kappa shape index (κ1) is 13.7. The highest BCUT2D eigenvalue weighted by molar-refractivity contribution is 5.39. The summed E-state index contributed by atoms with van der Waals surface area (Å²) in [5.41, 5.74) is -5.97. The van der Waals surface area contributed by atoms with Gasteiger partial charge in [-0.1, -0.05) is 6.07 Å². The van der Waals surface area contributed by atoms with Crippen molar-refractivity contribution in [2.45, 2.75) is 18.8 Å². The second-order valence-electron chi connectivity index (χ2n) is 3.06. The number of hydrogen-bond acceptors (Lipinski definition) is 0. The minimum Gasteiger partial charge on any atom is -0.205 e. The van der Waals surface area contributed by atoms with Gasteiger partial charge in [0.2, 0.25) is 0 Å². The van der Waals surface area contributed by atoms with Gasteiger partial charge >= 0.3 is 12.4 Å². The Bertz CT molecular complexity index is 368. The van der Waals surface area contributed by atoms with Crippen LogP contribution < -0.4 is 0 Å². The number of alkyl halides is 8. The fourth-order valence-electron chi connectivity index (χ4n) is 1.29. The maximum atomic E-state index is 12.3. The van der Waals surface area contributed by atoms with Crippen LogP contribution in [0.25, 0.3) is 0 Å². The molecule has 0 amide bonds. The molecular formula is C9H4F8. The average Bonchev–Trinajstić information content (AvgIpc) is 2.13. The van der Waals surface area contributed by atoms with Gasteiger partial charge in [-0.05, 0) is 12.1 Å². The van der Waals surface area contributed by atoms with Gasteiger partial charge in [-0.25, -0.2) is 8.78 Å². The zero-order chi connectivity index (χ0) is 13.4. The molecule has 0 aliphatic rings. The Balaban J connectivity index is 3.55. The Kier molecular flexibility index (Phi) is 3.35. The number of rotatable bonds is 1. The van der Waals surface area contributed by atoms with Gasteiger partial charge in [-0.2, -0.15) is 26.3 Å². The number of hydrogen-bond donors (Lipinski definition) is 0. The lowest BCUT2D eigenvalue weighted by molar-refractivity contribution is -0.146. The molecule has 1 aromatic rings. The van der Waals surface area contributed by atoms with Crippen LogP contribution in [0, 0.1) is 0 Å². The molecule has 0 saturated heterocycles. The molecule has 0 radical (unpaired) electrons. The topological polar surface area (TPSA) is 0 Å². The van der Waals surface area contributed by atoms with Crippen molar-refractivity contribution in [1.82, 2.24) is 0 Å². The van der Waals surface area contributed by atoms with E-state index in [-0.39, 0.29) is 12.1 Å². The van der Waals surface area contributed by atoms with Crippen molar-refractivity contribution in [3.63, 3.8) is 0 Å². The molecule has 0 unspecified atom stereocenters. The Morgan fingerprint density at radius 3 is 1.35 bits per heavy atom. The van der Waals surface area contributed by atoms with Gasteiger partial charge in [0.05, 0.1) is 11.1 Å². The second kappa shape index (κ2) is 4.15. The number of benzene rings is 1. The second-order valence-corrected chi connectivity index (χ2v) is 3.06. The van der Waals surface area contributed by atoms with Gasteiger partial charge < -0.3 is 0 Å². The SMILES string of the molecule is FC(F)c1c(C(F)(F)F)cccc1C(F)(F)F. The van der Waals surface area contributed by atoms with Crippen molar-refractivity contribution in [3.8, 4) is 0 Å². The van der Waals surface area contributed by atoms with Crippen LogP contribution in [-0.2, 0) is 12.4 Å².